The summed E-state index contributed by atoms with van der Waals surface area (Å²) in [5, 5.41) is 6.01. The van der Waals surface area contributed by atoms with Crippen molar-refractivity contribution in [2.45, 2.75) is 24.3 Å². The van der Waals surface area contributed by atoms with Crippen LogP contribution >= 0.6 is 0 Å². The topological polar surface area (TPSA) is 102 Å². The number of ether oxygens (including phenoxy) is 1. The van der Waals surface area contributed by atoms with Crippen LogP contribution in [0.5, 0.6) is 5.75 Å². The monoisotopic (exact) mass is 424 g/mol. The fraction of sp³-hybridized carbons (Fsp3) is 0.238. The third-order valence-corrected chi connectivity index (χ3v) is 7.02. The molecule has 0 spiro atoms. The number of amides is 1. The number of pyridine rings is 1. The lowest BCUT2D eigenvalue weighted by Crippen LogP contribution is -2.29. The predicted octanol–water partition coefficient (Wildman–Crippen LogP) is 2.37. The summed E-state index contributed by atoms with van der Waals surface area (Å²) in [4.78, 5) is 16.2. The highest BCUT2D eigenvalue weighted by Crippen LogP contribution is 2.34. The van der Waals surface area contributed by atoms with Crippen LogP contribution in [-0.4, -0.2) is 42.5 Å². The molecule has 0 bridgehead atoms. The number of anilines is 1. The zero-order chi connectivity index (χ0) is 20.9. The zero-order valence-electron chi connectivity index (χ0n) is 16.3. The first-order valence-corrected chi connectivity index (χ1v) is 11.1. The van der Waals surface area contributed by atoms with Crippen LogP contribution in [0.25, 0.3) is 16.6 Å². The third-order valence-electron chi connectivity index (χ3n) is 5.35. The lowest BCUT2D eigenvalue weighted by molar-refractivity contribution is -0.118. The quantitative estimate of drug-likeness (QED) is 0.669. The largest absolute Gasteiger partial charge is 0.482 e. The van der Waals surface area contributed by atoms with E-state index in [1.54, 1.807) is 30.6 Å². The second kappa shape index (κ2) is 6.96. The molecule has 9 heteroatoms. The standard InChI is InChI=1S/C21H20N4O4S/c1-13-9-14(6-8-22-13)16-11-25(18-3-2-7-23-21(16)18)30(27,28)15-4-5-19-17(10-15)24-20(26)12-29-19/h2-7,10-11,13,22H,8-9,12H2,1H3,(H,24,26). The molecule has 0 saturated heterocycles. The molecular formula is C21H20N4O4S. The molecule has 1 atom stereocenters. The lowest BCUT2D eigenvalue weighted by Gasteiger charge is -2.20. The van der Waals surface area contributed by atoms with Crippen molar-refractivity contribution in [1.82, 2.24) is 14.3 Å². The first-order valence-electron chi connectivity index (χ1n) is 9.64. The smallest absolute Gasteiger partial charge is 0.268 e. The number of aromatic nitrogens is 2. The third kappa shape index (κ3) is 3.06. The highest BCUT2D eigenvalue weighted by molar-refractivity contribution is 7.90. The van der Waals surface area contributed by atoms with Crippen molar-refractivity contribution in [2.24, 2.45) is 0 Å². The number of nitrogens with zero attached hydrogens (tertiary/aromatic N) is 2. The summed E-state index contributed by atoms with van der Waals surface area (Å²) in [5.74, 6) is 0.129. The average molecular weight is 424 g/mol. The van der Waals surface area contributed by atoms with Crippen molar-refractivity contribution < 1.29 is 17.9 Å². The van der Waals surface area contributed by atoms with Gasteiger partial charge >= 0.3 is 0 Å². The summed E-state index contributed by atoms with van der Waals surface area (Å²) in [6.07, 6.45) is 6.18. The molecule has 1 amide bonds. The number of nitrogens with one attached hydrogen (secondary N) is 2. The second-order valence-corrected chi connectivity index (χ2v) is 9.27. The summed E-state index contributed by atoms with van der Waals surface area (Å²) in [6.45, 7) is 2.74. The van der Waals surface area contributed by atoms with E-state index < -0.39 is 10.0 Å². The fourth-order valence-corrected chi connectivity index (χ4v) is 5.27. The number of hydrogen-bond acceptors (Lipinski definition) is 6. The van der Waals surface area contributed by atoms with Crippen LogP contribution in [0.1, 0.15) is 18.9 Å². The van der Waals surface area contributed by atoms with Crippen LogP contribution < -0.4 is 15.4 Å². The van der Waals surface area contributed by atoms with Crippen LogP contribution in [0, 0.1) is 0 Å². The van der Waals surface area contributed by atoms with Gasteiger partial charge in [-0.25, -0.2) is 12.4 Å². The summed E-state index contributed by atoms with van der Waals surface area (Å²) in [6, 6.07) is 8.24. The molecule has 2 N–H and O–H groups in total. The highest BCUT2D eigenvalue weighted by atomic mass is 32.2. The van der Waals surface area contributed by atoms with Crippen molar-refractivity contribution in [3.05, 3.63) is 54.4 Å². The molecule has 0 radical (unpaired) electrons. The van der Waals surface area contributed by atoms with E-state index >= 15 is 0 Å². The van der Waals surface area contributed by atoms with E-state index in [1.807, 2.05) is 0 Å². The Hall–Kier alpha value is -3.17. The number of benzene rings is 1. The SMILES string of the molecule is CC1CC(c2cn(S(=O)(=O)c3ccc4c(c3)NC(=O)CO4)c3cccnc23)=CCN1. The van der Waals surface area contributed by atoms with Gasteiger partial charge in [0, 0.05) is 30.5 Å². The van der Waals surface area contributed by atoms with Crippen molar-refractivity contribution in [3.63, 3.8) is 0 Å². The fourth-order valence-electron chi connectivity index (χ4n) is 3.89. The lowest BCUT2D eigenvalue weighted by atomic mass is 9.97. The van der Waals surface area contributed by atoms with Crippen LogP contribution in [0.2, 0.25) is 0 Å². The van der Waals surface area contributed by atoms with Gasteiger partial charge in [-0.3, -0.25) is 9.78 Å². The van der Waals surface area contributed by atoms with E-state index in [-0.39, 0.29) is 17.4 Å². The van der Waals surface area contributed by atoms with Crippen molar-refractivity contribution in [2.75, 3.05) is 18.5 Å². The summed E-state index contributed by atoms with van der Waals surface area (Å²) < 4.78 is 33.7. The number of hydrogen-bond donors (Lipinski definition) is 2. The summed E-state index contributed by atoms with van der Waals surface area (Å²) in [7, 11) is -3.92. The molecule has 1 unspecified atom stereocenters. The van der Waals surface area contributed by atoms with Crippen LogP contribution in [-0.2, 0) is 14.8 Å². The Balaban J connectivity index is 1.65. The molecule has 5 rings (SSSR count). The molecule has 30 heavy (non-hydrogen) atoms. The van der Waals surface area contributed by atoms with Gasteiger partial charge in [-0.15, -0.1) is 0 Å². The molecule has 2 aromatic heterocycles. The molecule has 154 valence electrons. The van der Waals surface area contributed by atoms with Gasteiger partial charge in [-0.2, -0.15) is 0 Å². The number of carbonyl (C=O) groups excluding carboxylic acids is 1. The highest BCUT2D eigenvalue weighted by Gasteiger charge is 2.26. The maximum atomic E-state index is 13.5. The van der Waals surface area contributed by atoms with Gasteiger partial charge in [-0.05, 0) is 49.2 Å². The maximum absolute atomic E-state index is 13.5. The van der Waals surface area contributed by atoms with Gasteiger partial charge in [0.05, 0.1) is 21.6 Å². The molecule has 0 aliphatic carbocycles. The van der Waals surface area contributed by atoms with Gasteiger partial charge in [0.1, 0.15) is 5.75 Å². The Labute approximate surface area is 173 Å². The van der Waals surface area contributed by atoms with Gasteiger partial charge in [0.15, 0.2) is 6.61 Å². The molecular weight excluding hydrogens is 404 g/mol. The average Bonchev–Trinajstić information content (AvgIpc) is 3.14. The molecule has 2 aliphatic heterocycles. The molecule has 0 fully saturated rings. The van der Waals surface area contributed by atoms with Gasteiger partial charge in [0.25, 0.3) is 15.9 Å². The number of fused-ring (bicyclic) bond motifs is 2. The minimum Gasteiger partial charge on any atom is -0.482 e. The van der Waals surface area contributed by atoms with Crippen LogP contribution in [0.15, 0.2) is 53.7 Å². The Morgan fingerprint density at radius 1 is 1.27 bits per heavy atom. The van der Waals surface area contributed by atoms with E-state index in [4.69, 9.17) is 4.74 Å². The van der Waals surface area contributed by atoms with E-state index in [0.717, 1.165) is 24.1 Å². The minimum absolute atomic E-state index is 0.0620. The summed E-state index contributed by atoms with van der Waals surface area (Å²) in [5.41, 5.74) is 3.40. The molecule has 4 heterocycles. The van der Waals surface area contributed by atoms with E-state index in [9.17, 15) is 13.2 Å². The molecule has 8 nitrogen and oxygen atoms in total. The van der Waals surface area contributed by atoms with Crippen LogP contribution in [0.4, 0.5) is 5.69 Å². The normalized spacial score (nSPS) is 19.0. The Morgan fingerprint density at radius 3 is 2.97 bits per heavy atom. The first-order chi connectivity index (χ1) is 14.4. The van der Waals surface area contributed by atoms with E-state index in [2.05, 4.69) is 28.6 Å². The first kappa shape index (κ1) is 18.8. The van der Waals surface area contributed by atoms with Gasteiger partial charge < -0.3 is 15.4 Å². The molecule has 1 aromatic carbocycles. The van der Waals surface area contributed by atoms with E-state index in [1.165, 1.54) is 16.1 Å². The Kier molecular flexibility index (Phi) is 4.37. The van der Waals surface area contributed by atoms with Gasteiger partial charge in [-0.1, -0.05) is 6.08 Å². The molecule has 0 saturated carbocycles. The van der Waals surface area contributed by atoms with Crippen molar-refractivity contribution in [1.29, 1.82) is 0 Å². The Morgan fingerprint density at radius 2 is 2.13 bits per heavy atom. The predicted molar refractivity (Wildman–Crippen MR) is 113 cm³/mol. The molecule has 2 aliphatic rings. The van der Waals surface area contributed by atoms with Crippen molar-refractivity contribution in [3.8, 4) is 5.75 Å². The number of rotatable bonds is 3. The minimum atomic E-state index is -3.92. The number of carbonyl (C=O) groups is 1. The summed E-state index contributed by atoms with van der Waals surface area (Å²) >= 11 is 0. The maximum Gasteiger partial charge on any atom is 0.268 e. The second-order valence-electron chi connectivity index (χ2n) is 7.45. The zero-order valence-corrected chi connectivity index (χ0v) is 17.1. The van der Waals surface area contributed by atoms with Gasteiger partial charge in [0.2, 0.25) is 0 Å². The van der Waals surface area contributed by atoms with E-state index in [0.29, 0.717) is 28.5 Å². The molecule has 3 aromatic rings. The van der Waals surface area contributed by atoms with Crippen molar-refractivity contribution >= 4 is 38.2 Å². The Bertz CT molecular complexity index is 1310. The van der Waals surface area contributed by atoms with Crippen LogP contribution in [0.3, 0.4) is 0 Å².